The molecule has 1 N–H and O–H groups in total. The summed E-state index contributed by atoms with van der Waals surface area (Å²) < 4.78 is 5.33. The molecule has 1 aliphatic heterocycles. The molecule has 1 aliphatic rings. The number of carbonyl (C=O) groups excluding carboxylic acids is 2. The molecule has 0 aromatic heterocycles. The minimum Gasteiger partial charge on any atom is -0.496 e. The van der Waals surface area contributed by atoms with Crippen LogP contribution >= 0.6 is 0 Å². The molecule has 2 rings (SSSR count). The number of hydrogen-bond donors (Lipinski definition) is 1. The van der Waals surface area contributed by atoms with Crippen LogP contribution in [-0.4, -0.2) is 43.5 Å². The number of likely N-dealkylation sites (tertiary alicyclic amines) is 1. The monoisotopic (exact) mass is 344 g/mol. The van der Waals surface area contributed by atoms with Crippen molar-refractivity contribution in [2.45, 2.75) is 33.1 Å². The van der Waals surface area contributed by atoms with Gasteiger partial charge in [-0.05, 0) is 44.4 Å². The van der Waals surface area contributed by atoms with Crippen molar-refractivity contribution >= 4 is 17.9 Å². The maximum absolute atomic E-state index is 12.4. The second-order valence-corrected chi connectivity index (χ2v) is 6.47. The first-order chi connectivity index (χ1) is 12.0. The maximum atomic E-state index is 12.4. The third-order valence-corrected chi connectivity index (χ3v) is 4.52. The predicted octanol–water partition coefficient (Wildman–Crippen LogP) is 2.78. The van der Waals surface area contributed by atoms with E-state index in [2.05, 4.69) is 5.32 Å². The molecule has 0 radical (unpaired) electrons. The molecule has 2 amide bonds. The average Bonchev–Trinajstić information content (AvgIpc) is 2.64. The highest BCUT2D eigenvalue weighted by Crippen LogP contribution is 2.22. The average molecular weight is 344 g/mol. The fraction of sp³-hybridized carbons (Fsp3) is 0.500. The zero-order valence-corrected chi connectivity index (χ0v) is 15.4. The highest BCUT2D eigenvalue weighted by molar-refractivity contribution is 5.92. The van der Waals surface area contributed by atoms with Gasteiger partial charge in [-0.15, -0.1) is 0 Å². The van der Waals surface area contributed by atoms with E-state index in [0.29, 0.717) is 13.1 Å². The van der Waals surface area contributed by atoms with Crippen LogP contribution in [0.15, 0.2) is 24.3 Å². The third kappa shape index (κ3) is 5.34. The van der Waals surface area contributed by atoms with Gasteiger partial charge >= 0.3 is 0 Å². The molecule has 136 valence electrons. The first-order valence-corrected chi connectivity index (χ1v) is 8.94. The van der Waals surface area contributed by atoms with Crippen molar-refractivity contribution in [3.8, 4) is 5.75 Å². The van der Waals surface area contributed by atoms with Crippen molar-refractivity contribution in [3.63, 3.8) is 0 Å². The number of carbonyl (C=O) groups is 2. The van der Waals surface area contributed by atoms with Crippen molar-refractivity contribution in [1.82, 2.24) is 10.2 Å². The molecule has 0 aliphatic carbocycles. The van der Waals surface area contributed by atoms with Gasteiger partial charge in [0.15, 0.2) is 0 Å². The number of methoxy groups -OCH3 is 1. The standard InChI is InChI=1S/C20H28N2O3/c1-4-11-21-20(24)16-9-12-22(13-10-16)19(23)8-6-17-14-15(2)5-7-18(17)25-3/h5-8,14,16H,4,9-13H2,1-3H3,(H,21,24)/b8-6+. The predicted molar refractivity (Wildman–Crippen MR) is 99.4 cm³/mol. The van der Waals surface area contributed by atoms with Crippen LogP contribution in [0, 0.1) is 12.8 Å². The van der Waals surface area contributed by atoms with E-state index in [4.69, 9.17) is 4.74 Å². The molecule has 0 atom stereocenters. The Hall–Kier alpha value is -2.30. The van der Waals surface area contributed by atoms with Gasteiger partial charge in [-0.1, -0.05) is 18.6 Å². The van der Waals surface area contributed by atoms with Crippen molar-refractivity contribution in [2.24, 2.45) is 5.92 Å². The van der Waals surface area contributed by atoms with Crippen LogP contribution in [-0.2, 0) is 9.59 Å². The summed E-state index contributed by atoms with van der Waals surface area (Å²) in [6.07, 6.45) is 5.78. The highest BCUT2D eigenvalue weighted by atomic mass is 16.5. The van der Waals surface area contributed by atoms with E-state index >= 15 is 0 Å². The van der Waals surface area contributed by atoms with Crippen molar-refractivity contribution in [2.75, 3.05) is 26.7 Å². The zero-order chi connectivity index (χ0) is 18.2. The molecule has 1 saturated heterocycles. The smallest absolute Gasteiger partial charge is 0.246 e. The molecule has 0 unspecified atom stereocenters. The maximum Gasteiger partial charge on any atom is 0.246 e. The Balaban J connectivity index is 1.90. The van der Waals surface area contributed by atoms with Crippen LogP contribution in [0.2, 0.25) is 0 Å². The lowest BCUT2D eigenvalue weighted by Gasteiger charge is -2.30. The summed E-state index contributed by atoms with van der Waals surface area (Å²) >= 11 is 0. The Morgan fingerprint density at radius 2 is 2.04 bits per heavy atom. The quantitative estimate of drug-likeness (QED) is 0.807. The number of rotatable bonds is 6. The number of benzene rings is 1. The van der Waals surface area contributed by atoms with Crippen LogP contribution in [0.4, 0.5) is 0 Å². The number of nitrogens with one attached hydrogen (secondary N) is 1. The van der Waals surface area contributed by atoms with Gasteiger partial charge in [0, 0.05) is 37.2 Å². The fourth-order valence-electron chi connectivity index (χ4n) is 3.01. The van der Waals surface area contributed by atoms with Gasteiger partial charge in [0.1, 0.15) is 5.75 Å². The fourth-order valence-corrected chi connectivity index (χ4v) is 3.01. The Kier molecular flexibility index (Phi) is 7.04. The number of hydrogen-bond acceptors (Lipinski definition) is 3. The molecule has 5 nitrogen and oxygen atoms in total. The van der Waals surface area contributed by atoms with E-state index in [9.17, 15) is 9.59 Å². The zero-order valence-electron chi connectivity index (χ0n) is 15.4. The first kappa shape index (κ1) is 19.0. The molecule has 25 heavy (non-hydrogen) atoms. The summed E-state index contributed by atoms with van der Waals surface area (Å²) in [5.74, 6) is 0.877. The number of piperidine rings is 1. The normalized spacial score (nSPS) is 15.4. The number of nitrogens with zero attached hydrogens (tertiary/aromatic N) is 1. The van der Waals surface area contributed by atoms with E-state index in [-0.39, 0.29) is 17.7 Å². The molecular weight excluding hydrogens is 316 g/mol. The molecule has 1 fully saturated rings. The summed E-state index contributed by atoms with van der Waals surface area (Å²) in [7, 11) is 1.62. The van der Waals surface area contributed by atoms with E-state index in [0.717, 1.165) is 42.7 Å². The molecule has 0 saturated carbocycles. The minimum atomic E-state index is -0.0176. The lowest BCUT2D eigenvalue weighted by molar-refractivity contribution is -0.132. The largest absolute Gasteiger partial charge is 0.496 e. The van der Waals surface area contributed by atoms with E-state index < -0.39 is 0 Å². The summed E-state index contributed by atoms with van der Waals surface area (Å²) in [6, 6.07) is 5.87. The van der Waals surface area contributed by atoms with Crippen LogP contribution in [0.25, 0.3) is 6.08 Å². The Morgan fingerprint density at radius 3 is 2.68 bits per heavy atom. The van der Waals surface area contributed by atoms with Gasteiger partial charge in [0.05, 0.1) is 7.11 Å². The van der Waals surface area contributed by atoms with Gasteiger partial charge in [0.25, 0.3) is 0 Å². The number of aryl methyl sites for hydroxylation is 1. The van der Waals surface area contributed by atoms with Crippen LogP contribution in [0.5, 0.6) is 5.75 Å². The summed E-state index contributed by atoms with van der Waals surface area (Å²) in [5.41, 5.74) is 2.01. The molecule has 1 aromatic carbocycles. The first-order valence-electron chi connectivity index (χ1n) is 8.94. The molecule has 5 heteroatoms. The second-order valence-electron chi connectivity index (χ2n) is 6.47. The summed E-state index contributed by atoms with van der Waals surface area (Å²) in [6.45, 7) is 6.01. The molecular formula is C20H28N2O3. The second kappa shape index (κ2) is 9.25. The molecule has 0 spiro atoms. The van der Waals surface area contributed by atoms with Crippen molar-refractivity contribution in [1.29, 1.82) is 0 Å². The third-order valence-electron chi connectivity index (χ3n) is 4.52. The van der Waals surface area contributed by atoms with Crippen LogP contribution in [0.3, 0.4) is 0 Å². The van der Waals surface area contributed by atoms with Gasteiger partial charge in [-0.3, -0.25) is 9.59 Å². The summed E-state index contributed by atoms with van der Waals surface area (Å²) in [4.78, 5) is 26.2. The molecule has 0 bridgehead atoms. The van der Waals surface area contributed by atoms with Gasteiger partial charge < -0.3 is 15.0 Å². The highest BCUT2D eigenvalue weighted by Gasteiger charge is 2.26. The van der Waals surface area contributed by atoms with Crippen molar-refractivity contribution in [3.05, 3.63) is 35.4 Å². The minimum absolute atomic E-state index is 0.0176. The van der Waals surface area contributed by atoms with Gasteiger partial charge in [-0.2, -0.15) is 0 Å². The van der Waals surface area contributed by atoms with Crippen molar-refractivity contribution < 1.29 is 14.3 Å². The van der Waals surface area contributed by atoms with Crippen LogP contribution < -0.4 is 10.1 Å². The van der Waals surface area contributed by atoms with Crippen LogP contribution in [0.1, 0.15) is 37.3 Å². The number of ether oxygens (including phenoxy) is 1. The Bertz CT molecular complexity index is 632. The Labute approximate surface area is 150 Å². The lowest BCUT2D eigenvalue weighted by atomic mass is 9.95. The van der Waals surface area contributed by atoms with E-state index in [1.807, 2.05) is 36.9 Å². The number of amides is 2. The van der Waals surface area contributed by atoms with E-state index in [1.54, 1.807) is 19.3 Å². The van der Waals surface area contributed by atoms with E-state index in [1.165, 1.54) is 0 Å². The topological polar surface area (TPSA) is 58.6 Å². The van der Waals surface area contributed by atoms with Gasteiger partial charge in [-0.25, -0.2) is 0 Å². The van der Waals surface area contributed by atoms with Gasteiger partial charge in [0.2, 0.25) is 11.8 Å². The summed E-state index contributed by atoms with van der Waals surface area (Å²) in [5, 5.41) is 2.94. The SMILES string of the molecule is CCCNC(=O)C1CCN(C(=O)/C=C/c2cc(C)ccc2OC)CC1. The molecule has 1 heterocycles. The molecule has 1 aromatic rings. The Morgan fingerprint density at radius 1 is 1.32 bits per heavy atom. The lowest BCUT2D eigenvalue weighted by Crippen LogP contribution is -2.42.